The fourth-order valence-electron chi connectivity index (χ4n) is 1.29. The molecule has 1 aliphatic heterocycles. The van der Waals surface area contributed by atoms with Gasteiger partial charge in [-0.2, -0.15) is 0 Å². The van der Waals surface area contributed by atoms with Crippen molar-refractivity contribution < 1.29 is 14.3 Å². The molecule has 0 aliphatic carbocycles. The van der Waals surface area contributed by atoms with Crippen molar-refractivity contribution in [2.45, 2.75) is 19.4 Å². The van der Waals surface area contributed by atoms with Gasteiger partial charge in [0.05, 0.1) is 6.61 Å². The van der Waals surface area contributed by atoms with E-state index in [-0.39, 0.29) is 11.9 Å². The maximum Gasteiger partial charge on any atom is 0.162 e. The number of ether oxygens (including phenoxy) is 2. The summed E-state index contributed by atoms with van der Waals surface area (Å²) in [6, 6.07) is 7.25. The minimum absolute atomic E-state index is 0.159. The maximum absolute atomic E-state index is 11.3. The summed E-state index contributed by atoms with van der Waals surface area (Å²) in [7, 11) is 0. The van der Waals surface area contributed by atoms with Gasteiger partial charge >= 0.3 is 0 Å². The van der Waals surface area contributed by atoms with Crippen molar-refractivity contribution in [2.75, 3.05) is 13.2 Å². The van der Waals surface area contributed by atoms with Crippen LogP contribution < -0.4 is 4.74 Å². The third kappa shape index (κ3) is 2.80. The number of Topliss-reactive ketones (excluding diaryl/α,β-unsaturated/α-hetero) is 1. The van der Waals surface area contributed by atoms with Crippen molar-refractivity contribution in [1.29, 1.82) is 0 Å². The zero-order chi connectivity index (χ0) is 10.7. The summed E-state index contributed by atoms with van der Waals surface area (Å²) < 4.78 is 10.5. The van der Waals surface area contributed by atoms with Gasteiger partial charge in [-0.15, -0.1) is 0 Å². The molecule has 1 heterocycles. The molecular formula is C12H14O3. The Morgan fingerprint density at radius 2 is 2.13 bits per heavy atom. The van der Waals surface area contributed by atoms with E-state index in [1.807, 2.05) is 19.1 Å². The van der Waals surface area contributed by atoms with Crippen molar-refractivity contribution in [3.8, 4) is 5.75 Å². The average Bonchev–Trinajstić information content (AvgIpc) is 3.10. The number of benzene rings is 1. The zero-order valence-corrected chi connectivity index (χ0v) is 8.73. The zero-order valence-electron chi connectivity index (χ0n) is 8.73. The normalized spacial score (nSPS) is 18.6. The Morgan fingerprint density at radius 3 is 2.67 bits per heavy atom. The molecule has 0 spiro atoms. The average molecular weight is 206 g/mol. The highest BCUT2D eigenvalue weighted by atomic mass is 16.6. The van der Waals surface area contributed by atoms with E-state index in [1.165, 1.54) is 0 Å². The van der Waals surface area contributed by atoms with Gasteiger partial charge < -0.3 is 9.47 Å². The number of epoxide rings is 1. The Morgan fingerprint density at radius 1 is 1.47 bits per heavy atom. The Labute approximate surface area is 89.0 Å². The van der Waals surface area contributed by atoms with Crippen molar-refractivity contribution in [3.63, 3.8) is 0 Å². The van der Waals surface area contributed by atoms with Gasteiger partial charge in [-0.25, -0.2) is 0 Å². The van der Waals surface area contributed by atoms with Crippen LogP contribution in [0.25, 0.3) is 0 Å². The highest BCUT2D eigenvalue weighted by Gasteiger charge is 2.22. The van der Waals surface area contributed by atoms with E-state index in [1.54, 1.807) is 12.1 Å². The number of ketones is 1. The monoisotopic (exact) mass is 206 g/mol. The van der Waals surface area contributed by atoms with Gasteiger partial charge in [0, 0.05) is 12.0 Å². The van der Waals surface area contributed by atoms with Gasteiger partial charge in [-0.3, -0.25) is 4.79 Å². The minimum Gasteiger partial charge on any atom is -0.491 e. The van der Waals surface area contributed by atoms with Crippen molar-refractivity contribution >= 4 is 5.78 Å². The number of carbonyl (C=O) groups excluding carboxylic acids is 1. The van der Waals surface area contributed by atoms with Crippen LogP contribution in [-0.4, -0.2) is 25.1 Å². The summed E-state index contributed by atoms with van der Waals surface area (Å²) in [4.78, 5) is 11.3. The van der Waals surface area contributed by atoms with Crippen LogP contribution in [0.5, 0.6) is 5.75 Å². The summed E-state index contributed by atoms with van der Waals surface area (Å²) in [6.45, 7) is 3.25. The van der Waals surface area contributed by atoms with Gasteiger partial charge in [0.25, 0.3) is 0 Å². The molecule has 0 radical (unpaired) electrons. The van der Waals surface area contributed by atoms with Crippen molar-refractivity contribution in [3.05, 3.63) is 29.8 Å². The predicted octanol–water partition coefficient (Wildman–Crippen LogP) is 2.06. The molecule has 1 aromatic rings. The van der Waals surface area contributed by atoms with E-state index in [2.05, 4.69) is 0 Å². The number of rotatable bonds is 5. The van der Waals surface area contributed by atoms with Crippen LogP contribution >= 0.6 is 0 Å². The lowest BCUT2D eigenvalue weighted by atomic mass is 10.1. The van der Waals surface area contributed by atoms with Crippen LogP contribution in [0.2, 0.25) is 0 Å². The van der Waals surface area contributed by atoms with Gasteiger partial charge in [-0.1, -0.05) is 6.92 Å². The van der Waals surface area contributed by atoms with Crippen LogP contribution in [0, 0.1) is 0 Å². The third-order valence-corrected chi connectivity index (χ3v) is 2.34. The Balaban J connectivity index is 1.93. The van der Waals surface area contributed by atoms with E-state index in [4.69, 9.17) is 9.47 Å². The Bertz CT molecular complexity index is 338. The van der Waals surface area contributed by atoms with E-state index in [0.29, 0.717) is 13.0 Å². The first-order valence-corrected chi connectivity index (χ1v) is 5.17. The van der Waals surface area contributed by atoms with E-state index >= 15 is 0 Å². The molecule has 3 nitrogen and oxygen atoms in total. The molecule has 80 valence electrons. The third-order valence-electron chi connectivity index (χ3n) is 2.34. The largest absolute Gasteiger partial charge is 0.491 e. The highest BCUT2D eigenvalue weighted by molar-refractivity contribution is 5.95. The second-order valence-corrected chi connectivity index (χ2v) is 3.57. The first-order valence-electron chi connectivity index (χ1n) is 5.17. The summed E-state index contributed by atoms with van der Waals surface area (Å²) in [6.07, 6.45) is 0.804. The van der Waals surface area contributed by atoms with Crippen LogP contribution in [0.1, 0.15) is 23.7 Å². The predicted molar refractivity (Wildman–Crippen MR) is 56.3 cm³/mol. The molecule has 1 fully saturated rings. The molecule has 0 amide bonds. The molecule has 3 heteroatoms. The summed E-state index contributed by atoms with van der Waals surface area (Å²) in [5, 5.41) is 0. The molecule has 0 bridgehead atoms. The first-order chi connectivity index (χ1) is 7.29. The molecule has 1 aliphatic rings. The van der Waals surface area contributed by atoms with E-state index in [9.17, 15) is 4.79 Å². The topological polar surface area (TPSA) is 38.8 Å². The number of hydrogen-bond acceptors (Lipinski definition) is 3. The highest BCUT2D eigenvalue weighted by Crippen LogP contribution is 2.16. The lowest BCUT2D eigenvalue weighted by molar-refractivity contribution is 0.0988. The van der Waals surface area contributed by atoms with Crippen molar-refractivity contribution in [2.24, 2.45) is 0 Å². The second-order valence-electron chi connectivity index (χ2n) is 3.57. The van der Waals surface area contributed by atoms with Crippen LogP contribution in [0.3, 0.4) is 0 Å². The molecule has 1 saturated heterocycles. The summed E-state index contributed by atoms with van der Waals surface area (Å²) in [5.74, 6) is 0.949. The van der Waals surface area contributed by atoms with Gasteiger partial charge in [0.2, 0.25) is 0 Å². The molecule has 2 rings (SSSR count). The maximum atomic E-state index is 11.3. The molecule has 1 aromatic carbocycles. The standard InChI is InChI=1S/C12H14O3/c1-2-12(13)9-3-5-10(6-4-9)14-7-11-8-15-11/h3-6,11H,2,7-8H2,1H3/t11-/m0/s1. The lowest BCUT2D eigenvalue weighted by Gasteiger charge is -2.04. The summed E-state index contributed by atoms with van der Waals surface area (Å²) in [5.41, 5.74) is 0.743. The van der Waals surface area contributed by atoms with Crippen LogP contribution in [0.4, 0.5) is 0 Å². The van der Waals surface area contributed by atoms with Gasteiger partial charge in [0.15, 0.2) is 5.78 Å². The fourth-order valence-corrected chi connectivity index (χ4v) is 1.29. The molecule has 1 atom stereocenters. The van der Waals surface area contributed by atoms with Crippen LogP contribution in [0.15, 0.2) is 24.3 Å². The molecular weight excluding hydrogens is 192 g/mol. The SMILES string of the molecule is CCC(=O)c1ccc(OC[C@H]2CO2)cc1. The molecule has 15 heavy (non-hydrogen) atoms. The quantitative estimate of drug-likeness (QED) is 0.546. The molecule has 0 N–H and O–H groups in total. The lowest BCUT2D eigenvalue weighted by Crippen LogP contribution is -2.04. The first kappa shape index (κ1) is 10.2. The molecule has 0 saturated carbocycles. The van der Waals surface area contributed by atoms with Gasteiger partial charge in [-0.05, 0) is 24.3 Å². The smallest absolute Gasteiger partial charge is 0.162 e. The minimum atomic E-state index is 0.159. The Kier molecular flexibility index (Phi) is 3.02. The number of hydrogen-bond donors (Lipinski definition) is 0. The van der Waals surface area contributed by atoms with Crippen LogP contribution in [-0.2, 0) is 4.74 Å². The van der Waals surface area contributed by atoms with E-state index in [0.717, 1.165) is 17.9 Å². The number of carbonyl (C=O) groups is 1. The van der Waals surface area contributed by atoms with Crippen molar-refractivity contribution in [1.82, 2.24) is 0 Å². The fraction of sp³-hybridized carbons (Fsp3) is 0.417. The second kappa shape index (κ2) is 4.45. The Hall–Kier alpha value is -1.35. The molecule has 0 unspecified atom stereocenters. The van der Waals surface area contributed by atoms with Gasteiger partial charge in [0.1, 0.15) is 18.5 Å². The van der Waals surface area contributed by atoms with E-state index < -0.39 is 0 Å². The molecule has 0 aromatic heterocycles. The summed E-state index contributed by atoms with van der Waals surface area (Å²) >= 11 is 0.